The minimum atomic E-state index is 0.259. The predicted octanol–water partition coefficient (Wildman–Crippen LogP) is 3.68. The van der Waals surface area contributed by atoms with Crippen LogP contribution in [0.1, 0.15) is 27.7 Å². The van der Waals surface area contributed by atoms with Crippen molar-refractivity contribution >= 4 is 6.21 Å². The fourth-order valence-corrected chi connectivity index (χ4v) is 0.868. The average molecular weight is 179 g/mol. The molecule has 1 N–H and O–H groups in total. The maximum Gasteiger partial charge on any atom is 0.00866 e. The summed E-state index contributed by atoms with van der Waals surface area (Å²) in [5.74, 6) is 1.36. The second-order valence-corrected chi connectivity index (χ2v) is 3.90. The molecule has 0 aromatic carbocycles. The van der Waals surface area contributed by atoms with E-state index >= 15 is 0 Å². The van der Waals surface area contributed by atoms with E-state index in [0.717, 1.165) is 0 Å². The molecule has 0 aliphatic carbocycles. The molecule has 74 valence electrons. The van der Waals surface area contributed by atoms with Crippen molar-refractivity contribution in [2.45, 2.75) is 27.7 Å². The van der Waals surface area contributed by atoms with Crippen LogP contribution in [-0.2, 0) is 0 Å². The van der Waals surface area contributed by atoms with E-state index in [1.807, 2.05) is 6.92 Å². The number of hydrogen-bond donors (Lipinski definition) is 1. The van der Waals surface area contributed by atoms with Crippen LogP contribution < -0.4 is 0 Å². The number of rotatable bonds is 5. The van der Waals surface area contributed by atoms with Gasteiger partial charge in [0.15, 0.2) is 0 Å². The summed E-state index contributed by atoms with van der Waals surface area (Å²) in [6, 6.07) is 0. The molecule has 0 saturated carbocycles. The monoisotopic (exact) mass is 179 g/mol. The lowest BCUT2D eigenvalue weighted by molar-refractivity contribution is 0.808. The molecule has 13 heavy (non-hydrogen) atoms. The van der Waals surface area contributed by atoms with Crippen LogP contribution in [-0.4, -0.2) is 6.21 Å². The normalized spacial score (nSPS) is 17.0. The maximum absolute atomic E-state index is 7.03. The van der Waals surface area contributed by atoms with Crippen LogP contribution >= 0.6 is 0 Å². The van der Waals surface area contributed by atoms with Gasteiger partial charge in [-0.15, -0.1) is 0 Å². The van der Waals surface area contributed by atoms with Crippen LogP contribution in [0.3, 0.4) is 0 Å². The third-order valence-corrected chi connectivity index (χ3v) is 1.78. The summed E-state index contributed by atoms with van der Waals surface area (Å²) in [7, 11) is 0. The molecule has 0 fully saturated rings. The van der Waals surface area contributed by atoms with Crippen molar-refractivity contribution in [3.8, 4) is 0 Å². The fourth-order valence-electron chi connectivity index (χ4n) is 0.868. The Morgan fingerprint density at radius 1 is 0.769 bits per heavy atom. The van der Waals surface area contributed by atoms with Gasteiger partial charge in [-0.1, -0.05) is 52.0 Å². The highest BCUT2D eigenvalue weighted by Crippen LogP contribution is 2.05. The second-order valence-electron chi connectivity index (χ2n) is 3.90. The lowest BCUT2D eigenvalue weighted by Crippen LogP contribution is -1.91. The Kier molecular flexibility index (Phi) is 6.21. The lowest BCUT2D eigenvalue weighted by Gasteiger charge is -2.01. The zero-order valence-electron chi connectivity index (χ0n) is 9.12. The van der Waals surface area contributed by atoms with Crippen molar-refractivity contribution < 1.29 is 0 Å². The molecule has 2 unspecified atom stereocenters. The quantitative estimate of drug-likeness (QED) is 0.492. The summed E-state index contributed by atoms with van der Waals surface area (Å²) >= 11 is 0. The zero-order chi connectivity index (χ0) is 10.3. The Hall–Kier alpha value is -0.850. The summed E-state index contributed by atoms with van der Waals surface area (Å²) in [6.07, 6.45) is 10.1. The van der Waals surface area contributed by atoms with Gasteiger partial charge in [-0.05, 0) is 11.8 Å². The first-order valence-corrected chi connectivity index (χ1v) is 4.93. The summed E-state index contributed by atoms with van der Waals surface area (Å²) in [5, 5.41) is 7.03. The Morgan fingerprint density at radius 3 is 1.69 bits per heavy atom. The highest BCUT2D eigenvalue weighted by molar-refractivity contribution is 5.58. The van der Waals surface area contributed by atoms with Gasteiger partial charge in [-0.3, -0.25) is 0 Å². The minimum Gasteiger partial charge on any atom is -0.313 e. The van der Waals surface area contributed by atoms with Gasteiger partial charge >= 0.3 is 0 Å². The third-order valence-electron chi connectivity index (χ3n) is 1.78. The minimum absolute atomic E-state index is 0.259. The van der Waals surface area contributed by atoms with Crippen molar-refractivity contribution in [3.63, 3.8) is 0 Å². The molecule has 0 radical (unpaired) electrons. The van der Waals surface area contributed by atoms with E-state index < -0.39 is 0 Å². The van der Waals surface area contributed by atoms with E-state index in [1.54, 1.807) is 0 Å². The Balaban J connectivity index is 3.92. The third kappa shape index (κ3) is 7.51. The number of allylic oxidation sites excluding steroid dienone is 4. The standard InChI is InChI=1S/C12H21N/c1-10(2)5-6-11(3)7-8-12(4)9-13/h5-13H,1-4H3/b6-5-,8-7-,13-9?. The molecule has 0 aromatic heterocycles. The summed E-state index contributed by atoms with van der Waals surface area (Å²) in [6.45, 7) is 8.52. The Morgan fingerprint density at radius 2 is 1.23 bits per heavy atom. The van der Waals surface area contributed by atoms with Crippen LogP contribution in [0.15, 0.2) is 24.3 Å². The van der Waals surface area contributed by atoms with Gasteiger partial charge in [-0.25, -0.2) is 0 Å². The Bertz CT molecular complexity index is 189. The SMILES string of the molecule is CC(C)/C=C\C(C)/C=C\C(C)C=N. The first-order valence-electron chi connectivity index (χ1n) is 4.93. The van der Waals surface area contributed by atoms with Crippen LogP contribution in [0, 0.1) is 23.2 Å². The van der Waals surface area contributed by atoms with E-state index in [4.69, 9.17) is 5.41 Å². The van der Waals surface area contributed by atoms with Crippen LogP contribution in [0.4, 0.5) is 0 Å². The van der Waals surface area contributed by atoms with E-state index in [9.17, 15) is 0 Å². The molecule has 0 aromatic rings. The Labute approximate surface area is 82.1 Å². The first kappa shape index (κ1) is 12.2. The van der Waals surface area contributed by atoms with Crippen LogP contribution in [0.25, 0.3) is 0 Å². The van der Waals surface area contributed by atoms with Gasteiger partial charge in [0.1, 0.15) is 0 Å². The van der Waals surface area contributed by atoms with Gasteiger partial charge in [0.2, 0.25) is 0 Å². The van der Waals surface area contributed by atoms with Gasteiger partial charge in [0.25, 0.3) is 0 Å². The average Bonchev–Trinajstić information content (AvgIpc) is 2.10. The molecule has 0 rings (SSSR count). The van der Waals surface area contributed by atoms with Gasteiger partial charge in [-0.2, -0.15) is 0 Å². The molecule has 0 amide bonds. The molecule has 2 atom stereocenters. The number of nitrogens with one attached hydrogen (secondary N) is 1. The highest BCUT2D eigenvalue weighted by Gasteiger charge is 1.93. The van der Waals surface area contributed by atoms with E-state index in [0.29, 0.717) is 11.8 Å². The van der Waals surface area contributed by atoms with Crippen molar-refractivity contribution in [3.05, 3.63) is 24.3 Å². The number of hydrogen-bond acceptors (Lipinski definition) is 1. The smallest absolute Gasteiger partial charge is 0.00866 e. The molecule has 0 aliphatic rings. The second kappa shape index (κ2) is 6.64. The fraction of sp³-hybridized carbons (Fsp3) is 0.583. The van der Waals surface area contributed by atoms with Crippen LogP contribution in [0.5, 0.6) is 0 Å². The van der Waals surface area contributed by atoms with E-state index in [2.05, 4.69) is 45.1 Å². The molecule has 0 heterocycles. The molecular formula is C12H21N. The van der Waals surface area contributed by atoms with Gasteiger partial charge in [0.05, 0.1) is 0 Å². The van der Waals surface area contributed by atoms with Crippen molar-refractivity contribution in [2.75, 3.05) is 0 Å². The molecular weight excluding hydrogens is 158 g/mol. The molecule has 0 saturated heterocycles. The molecule has 0 bridgehead atoms. The van der Waals surface area contributed by atoms with Crippen molar-refractivity contribution in [1.82, 2.24) is 0 Å². The van der Waals surface area contributed by atoms with E-state index in [1.165, 1.54) is 6.21 Å². The van der Waals surface area contributed by atoms with Crippen LogP contribution in [0.2, 0.25) is 0 Å². The van der Waals surface area contributed by atoms with Gasteiger partial charge in [0, 0.05) is 12.1 Å². The van der Waals surface area contributed by atoms with Crippen molar-refractivity contribution in [2.24, 2.45) is 17.8 Å². The highest BCUT2D eigenvalue weighted by atomic mass is 14.3. The molecule has 0 aliphatic heterocycles. The molecule has 1 heteroatoms. The van der Waals surface area contributed by atoms with Gasteiger partial charge < -0.3 is 5.41 Å². The molecule has 0 spiro atoms. The van der Waals surface area contributed by atoms with E-state index in [-0.39, 0.29) is 5.92 Å². The summed E-state index contributed by atoms with van der Waals surface area (Å²) < 4.78 is 0. The predicted molar refractivity (Wildman–Crippen MR) is 60.2 cm³/mol. The van der Waals surface area contributed by atoms with Crippen molar-refractivity contribution in [1.29, 1.82) is 5.41 Å². The topological polar surface area (TPSA) is 23.9 Å². The summed E-state index contributed by atoms with van der Waals surface area (Å²) in [4.78, 5) is 0. The maximum atomic E-state index is 7.03. The zero-order valence-corrected chi connectivity index (χ0v) is 9.12. The summed E-state index contributed by atoms with van der Waals surface area (Å²) in [5.41, 5.74) is 0. The first-order chi connectivity index (χ1) is 6.06. The molecule has 1 nitrogen and oxygen atoms in total. The largest absolute Gasteiger partial charge is 0.313 e. The lowest BCUT2D eigenvalue weighted by atomic mass is 10.1.